The van der Waals surface area contributed by atoms with Gasteiger partial charge in [0.2, 0.25) is 11.9 Å². The first kappa shape index (κ1) is 9.50. The van der Waals surface area contributed by atoms with Crippen molar-refractivity contribution in [3.8, 4) is 0 Å². The maximum atomic E-state index is 11.2. The van der Waals surface area contributed by atoms with E-state index < -0.39 is 6.09 Å². The van der Waals surface area contributed by atoms with Crippen LogP contribution in [0.3, 0.4) is 0 Å². The lowest BCUT2D eigenvalue weighted by molar-refractivity contribution is -0.248. The summed E-state index contributed by atoms with van der Waals surface area (Å²) >= 11 is 0. The number of rotatable bonds is 0. The highest BCUT2D eigenvalue weighted by Gasteiger charge is 2.23. The summed E-state index contributed by atoms with van der Waals surface area (Å²) in [5.74, 6) is -0.130. The van der Waals surface area contributed by atoms with E-state index in [9.17, 15) is 14.7 Å². The standard InChI is InChI=1S/C7H11N3O3/c1-4-3-5(11)10(2)6(8-4)9-7(12)13/h4H,3H2,1-2H3,(H,8,9)(H,12,13)/p-1. The third kappa shape index (κ3) is 2.17. The van der Waals surface area contributed by atoms with Crippen molar-refractivity contribution in [1.82, 2.24) is 10.2 Å². The number of hydrogen-bond acceptors (Lipinski definition) is 4. The molecule has 1 unspecified atom stereocenters. The van der Waals surface area contributed by atoms with Crippen LogP contribution in [-0.2, 0) is 4.79 Å². The molecule has 0 saturated heterocycles. The molecule has 0 spiro atoms. The predicted molar refractivity (Wildman–Crippen MR) is 42.8 cm³/mol. The predicted octanol–water partition coefficient (Wildman–Crippen LogP) is -1.47. The molecule has 0 aromatic heterocycles. The number of amides is 2. The molecule has 0 saturated carbocycles. The number of hydrogen-bond donors (Lipinski definition) is 1. The zero-order chi connectivity index (χ0) is 10.0. The Morgan fingerprint density at radius 3 is 2.92 bits per heavy atom. The van der Waals surface area contributed by atoms with Crippen molar-refractivity contribution in [2.24, 2.45) is 4.99 Å². The molecule has 1 rings (SSSR count). The minimum absolute atomic E-state index is 0.0313. The van der Waals surface area contributed by atoms with Gasteiger partial charge in [-0.1, -0.05) is 0 Å². The molecule has 0 bridgehead atoms. The van der Waals surface area contributed by atoms with Gasteiger partial charge in [0.05, 0.1) is 6.04 Å². The third-order valence-electron chi connectivity index (χ3n) is 1.72. The molecule has 1 atom stereocenters. The maximum Gasteiger partial charge on any atom is 0.231 e. The number of aliphatic imine (C=N–C) groups is 1. The largest absolute Gasteiger partial charge is 0.530 e. The zero-order valence-corrected chi connectivity index (χ0v) is 7.40. The average molecular weight is 184 g/mol. The second kappa shape index (κ2) is 3.42. The summed E-state index contributed by atoms with van der Waals surface area (Å²) in [5, 5.41) is 12.1. The number of carbonyl (C=O) groups is 2. The lowest BCUT2D eigenvalue weighted by Crippen LogP contribution is -2.52. The molecule has 2 amide bonds. The van der Waals surface area contributed by atoms with Crippen molar-refractivity contribution < 1.29 is 14.7 Å². The fraction of sp³-hybridized carbons (Fsp3) is 0.571. The first-order valence-electron chi connectivity index (χ1n) is 3.83. The average Bonchev–Trinajstić information content (AvgIpc) is 1.98. The SMILES string of the molecule is CC1CC(=O)N(C)C(NC(=O)[O-])=N1. The molecule has 0 radical (unpaired) electrons. The van der Waals surface area contributed by atoms with Crippen molar-refractivity contribution >= 4 is 18.0 Å². The molecule has 1 aliphatic rings. The summed E-state index contributed by atoms with van der Waals surface area (Å²) < 4.78 is 0. The van der Waals surface area contributed by atoms with Gasteiger partial charge in [-0.05, 0) is 6.92 Å². The van der Waals surface area contributed by atoms with Crippen LogP contribution in [0.1, 0.15) is 13.3 Å². The Bertz CT molecular complexity index is 274. The number of nitrogens with one attached hydrogen (secondary N) is 1. The molecule has 1 N–H and O–H groups in total. The molecular formula is C7H10N3O3-. The first-order valence-corrected chi connectivity index (χ1v) is 3.83. The number of carboxylic acid groups (broad SMARTS) is 1. The van der Waals surface area contributed by atoms with Crippen LogP contribution in [0.25, 0.3) is 0 Å². The van der Waals surface area contributed by atoms with Crippen LogP contribution < -0.4 is 10.4 Å². The van der Waals surface area contributed by atoms with Crippen LogP contribution >= 0.6 is 0 Å². The van der Waals surface area contributed by atoms with Crippen LogP contribution in [-0.4, -0.2) is 35.9 Å². The fourth-order valence-corrected chi connectivity index (χ4v) is 1.06. The lowest BCUT2D eigenvalue weighted by Gasteiger charge is -2.26. The quantitative estimate of drug-likeness (QED) is 0.498. The van der Waals surface area contributed by atoms with E-state index in [1.54, 1.807) is 6.92 Å². The second-order valence-corrected chi connectivity index (χ2v) is 2.87. The van der Waals surface area contributed by atoms with Gasteiger partial charge in [0.15, 0.2) is 0 Å². The lowest BCUT2D eigenvalue weighted by atomic mass is 10.2. The Labute approximate surface area is 75.2 Å². The topological polar surface area (TPSA) is 84.8 Å². The molecular weight excluding hydrogens is 174 g/mol. The van der Waals surface area contributed by atoms with E-state index in [0.29, 0.717) is 6.42 Å². The van der Waals surface area contributed by atoms with E-state index in [-0.39, 0.29) is 17.9 Å². The fourth-order valence-electron chi connectivity index (χ4n) is 1.06. The number of nitrogens with zero attached hydrogens (tertiary/aromatic N) is 2. The van der Waals surface area contributed by atoms with Crippen LogP contribution in [0, 0.1) is 0 Å². The monoisotopic (exact) mass is 184 g/mol. The van der Waals surface area contributed by atoms with E-state index in [1.165, 1.54) is 7.05 Å². The molecule has 72 valence electrons. The van der Waals surface area contributed by atoms with Crippen LogP contribution in [0.15, 0.2) is 4.99 Å². The number of guanidine groups is 1. The van der Waals surface area contributed by atoms with Crippen LogP contribution in [0.4, 0.5) is 4.79 Å². The Kier molecular flexibility index (Phi) is 2.50. The zero-order valence-electron chi connectivity index (χ0n) is 7.40. The van der Waals surface area contributed by atoms with Crippen molar-refractivity contribution in [3.05, 3.63) is 0 Å². The Hall–Kier alpha value is -1.59. The van der Waals surface area contributed by atoms with Gasteiger partial charge in [0, 0.05) is 13.5 Å². The normalized spacial score (nSPS) is 22.6. The second-order valence-electron chi connectivity index (χ2n) is 2.87. The molecule has 1 aliphatic heterocycles. The molecule has 0 aromatic rings. The van der Waals surface area contributed by atoms with E-state index in [4.69, 9.17) is 0 Å². The molecule has 6 nitrogen and oxygen atoms in total. The minimum atomic E-state index is -1.47. The Morgan fingerprint density at radius 2 is 2.38 bits per heavy atom. The van der Waals surface area contributed by atoms with Crippen molar-refractivity contribution in [2.75, 3.05) is 7.05 Å². The summed E-state index contributed by atoms with van der Waals surface area (Å²) in [6.45, 7) is 1.74. The molecule has 1 heterocycles. The molecule has 6 heteroatoms. The molecule has 0 aromatic carbocycles. The highest BCUT2D eigenvalue weighted by Crippen LogP contribution is 2.07. The summed E-state index contributed by atoms with van der Waals surface area (Å²) in [6.07, 6.45) is -1.16. The van der Waals surface area contributed by atoms with Crippen molar-refractivity contribution in [2.45, 2.75) is 19.4 Å². The van der Waals surface area contributed by atoms with Gasteiger partial charge in [0.1, 0.15) is 6.09 Å². The van der Waals surface area contributed by atoms with Gasteiger partial charge >= 0.3 is 0 Å². The highest BCUT2D eigenvalue weighted by atomic mass is 16.4. The first-order chi connectivity index (χ1) is 6.00. The van der Waals surface area contributed by atoms with Gasteiger partial charge in [-0.2, -0.15) is 0 Å². The van der Waals surface area contributed by atoms with E-state index in [1.807, 2.05) is 5.32 Å². The van der Waals surface area contributed by atoms with Gasteiger partial charge in [-0.3, -0.25) is 9.69 Å². The Morgan fingerprint density at radius 1 is 1.77 bits per heavy atom. The van der Waals surface area contributed by atoms with Gasteiger partial charge in [0.25, 0.3) is 0 Å². The molecule has 0 aliphatic carbocycles. The van der Waals surface area contributed by atoms with Gasteiger partial charge in [-0.15, -0.1) is 0 Å². The molecule has 13 heavy (non-hydrogen) atoms. The molecule has 0 fully saturated rings. The minimum Gasteiger partial charge on any atom is -0.530 e. The van der Waals surface area contributed by atoms with Crippen LogP contribution in [0.2, 0.25) is 0 Å². The summed E-state index contributed by atoms with van der Waals surface area (Å²) in [4.78, 5) is 26.5. The van der Waals surface area contributed by atoms with Crippen molar-refractivity contribution in [1.29, 1.82) is 0 Å². The summed E-state index contributed by atoms with van der Waals surface area (Å²) in [5.41, 5.74) is 0. The van der Waals surface area contributed by atoms with Gasteiger partial charge in [-0.25, -0.2) is 4.99 Å². The van der Waals surface area contributed by atoms with E-state index >= 15 is 0 Å². The van der Waals surface area contributed by atoms with Crippen molar-refractivity contribution in [3.63, 3.8) is 0 Å². The van der Waals surface area contributed by atoms with E-state index in [2.05, 4.69) is 4.99 Å². The van der Waals surface area contributed by atoms with E-state index in [0.717, 1.165) is 4.90 Å². The summed E-state index contributed by atoms with van der Waals surface area (Å²) in [7, 11) is 1.46. The third-order valence-corrected chi connectivity index (χ3v) is 1.72. The van der Waals surface area contributed by atoms with Gasteiger partial charge < -0.3 is 15.2 Å². The highest BCUT2D eigenvalue weighted by molar-refractivity contribution is 6.03. The van der Waals surface area contributed by atoms with Crippen LogP contribution in [0.5, 0.6) is 0 Å². The number of carbonyl (C=O) groups excluding carboxylic acids is 2. The maximum absolute atomic E-state index is 11.2. The smallest absolute Gasteiger partial charge is 0.231 e. The summed E-state index contributed by atoms with van der Waals surface area (Å²) in [6, 6.07) is -0.189. The Balaban J connectivity index is 2.80.